The van der Waals surface area contributed by atoms with Crippen LogP contribution in [0.5, 0.6) is 0 Å². The molecule has 0 aliphatic carbocycles. The van der Waals surface area contributed by atoms with Crippen LogP contribution in [-0.4, -0.2) is 48.0 Å². The highest BCUT2D eigenvalue weighted by atomic mass is 32.1. The minimum Gasteiger partial charge on any atom is -0.378 e. The minimum absolute atomic E-state index is 0.0595. The molecular formula is C21H27N3O3S. The van der Waals surface area contributed by atoms with Crippen LogP contribution in [0.3, 0.4) is 0 Å². The topological polar surface area (TPSA) is 71.5 Å². The second-order valence-corrected chi connectivity index (χ2v) is 8.09. The van der Waals surface area contributed by atoms with Gasteiger partial charge in [0.2, 0.25) is 12.3 Å². The predicted octanol–water partition coefficient (Wildman–Crippen LogP) is 2.82. The fraction of sp³-hybridized carbons (Fsp3) is 0.476. The Hall–Kier alpha value is -2.25. The van der Waals surface area contributed by atoms with Crippen LogP contribution in [0.2, 0.25) is 0 Å². The molecule has 4 atom stereocenters. The van der Waals surface area contributed by atoms with Crippen LogP contribution in [0.25, 0.3) is 0 Å². The molecule has 3 rings (SSSR count). The zero-order valence-corrected chi connectivity index (χ0v) is 17.1. The summed E-state index contributed by atoms with van der Waals surface area (Å²) in [5.41, 5.74) is 1.14. The van der Waals surface area contributed by atoms with E-state index in [2.05, 4.69) is 22.4 Å². The van der Waals surface area contributed by atoms with Gasteiger partial charge in [0, 0.05) is 25.2 Å². The summed E-state index contributed by atoms with van der Waals surface area (Å²) in [5, 5.41) is 5.96. The molecule has 1 aliphatic rings. The van der Waals surface area contributed by atoms with Gasteiger partial charge in [0.05, 0.1) is 24.1 Å². The first-order chi connectivity index (χ1) is 13.6. The molecule has 0 radical (unpaired) electrons. The summed E-state index contributed by atoms with van der Waals surface area (Å²) in [6, 6.07) is 9.81. The van der Waals surface area contributed by atoms with Gasteiger partial charge in [0.25, 0.3) is 0 Å². The van der Waals surface area contributed by atoms with Gasteiger partial charge in [-0.1, -0.05) is 37.3 Å². The number of likely N-dealkylation sites (tertiary alicyclic amines) is 1. The molecule has 1 aliphatic heterocycles. The van der Waals surface area contributed by atoms with Crippen LogP contribution in [-0.2, 0) is 20.7 Å². The molecule has 150 valence electrons. The third-order valence-corrected chi connectivity index (χ3v) is 6.27. The number of hydrogen-bond donors (Lipinski definition) is 1. The lowest BCUT2D eigenvalue weighted by Crippen LogP contribution is -2.48. The molecule has 1 aromatic carbocycles. The van der Waals surface area contributed by atoms with E-state index < -0.39 is 0 Å². The molecule has 1 fully saturated rings. The van der Waals surface area contributed by atoms with Gasteiger partial charge in [-0.3, -0.25) is 9.59 Å². The second kappa shape index (κ2) is 9.80. The van der Waals surface area contributed by atoms with Crippen LogP contribution in [0, 0.1) is 5.92 Å². The van der Waals surface area contributed by atoms with E-state index in [0.717, 1.165) is 36.4 Å². The number of ether oxygens (including phenoxy) is 1. The molecule has 0 saturated carbocycles. The number of thiazole rings is 1. The molecule has 1 N–H and O–H groups in total. The Morgan fingerprint density at radius 2 is 2.21 bits per heavy atom. The highest BCUT2D eigenvalue weighted by molar-refractivity contribution is 7.09. The van der Waals surface area contributed by atoms with Gasteiger partial charge in [-0.25, -0.2) is 4.98 Å². The van der Waals surface area contributed by atoms with Crippen LogP contribution < -0.4 is 5.32 Å². The quantitative estimate of drug-likeness (QED) is 0.656. The summed E-state index contributed by atoms with van der Waals surface area (Å²) in [4.78, 5) is 30.6. The van der Waals surface area contributed by atoms with E-state index in [1.807, 2.05) is 30.5 Å². The third kappa shape index (κ3) is 4.77. The molecule has 2 amide bonds. The smallest absolute Gasteiger partial charge is 0.226 e. The molecule has 0 spiro atoms. The van der Waals surface area contributed by atoms with Crippen molar-refractivity contribution < 1.29 is 14.3 Å². The number of carbonyl (C=O) groups is 2. The monoisotopic (exact) mass is 401 g/mol. The number of benzene rings is 1. The standard InChI is InChI=1S/C21H27N3O3S/c1-15(19(27-2)18-9-6-11-24(18)14-25)20(26)23-17(21-22-10-12-28-21)13-16-7-4-3-5-8-16/h3-5,7-8,10,12,14-15,17-19H,6,9,11,13H2,1-2H3,(H,23,26)/t15?,17-,18-,19+/m0/s1. The average molecular weight is 402 g/mol. The molecule has 1 aromatic heterocycles. The second-order valence-electron chi connectivity index (χ2n) is 7.16. The summed E-state index contributed by atoms with van der Waals surface area (Å²) in [6.45, 7) is 2.59. The van der Waals surface area contributed by atoms with Crippen molar-refractivity contribution in [1.82, 2.24) is 15.2 Å². The Labute approximate surface area is 169 Å². The van der Waals surface area contributed by atoms with E-state index >= 15 is 0 Å². The normalized spacial score (nSPS) is 19.8. The lowest BCUT2D eigenvalue weighted by Gasteiger charge is -2.32. The highest BCUT2D eigenvalue weighted by Gasteiger charge is 2.37. The van der Waals surface area contributed by atoms with Crippen molar-refractivity contribution in [3.8, 4) is 0 Å². The summed E-state index contributed by atoms with van der Waals surface area (Å²) in [5.74, 6) is -0.463. The van der Waals surface area contributed by atoms with E-state index in [9.17, 15) is 9.59 Å². The Balaban J connectivity index is 1.72. The number of nitrogens with one attached hydrogen (secondary N) is 1. The Kier molecular flexibility index (Phi) is 7.17. The zero-order chi connectivity index (χ0) is 19.9. The molecule has 7 heteroatoms. The maximum absolute atomic E-state index is 13.1. The molecule has 28 heavy (non-hydrogen) atoms. The van der Waals surface area contributed by atoms with Crippen LogP contribution in [0.1, 0.15) is 36.4 Å². The van der Waals surface area contributed by atoms with Crippen molar-refractivity contribution in [3.63, 3.8) is 0 Å². The predicted molar refractivity (Wildman–Crippen MR) is 109 cm³/mol. The van der Waals surface area contributed by atoms with Crippen LogP contribution in [0.15, 0.2) is 41.9 Å². The van der Waals surface area contributed by atoms with Crippen LogP contribution in [0.4, 0.5) is 0 Å². The van der Waals surface area contributed by atoms with Gasteiger partial charge >= 0.3 is 0 Å². The van der Waals surface area contributed by atoms with Gasteiger partial charge in [-0.15, -0.1) is 11.3 Å². The van der Waals surface area contributed by atoms with E-state index in [4.69, 9.17) is 4.74 Å². The van der Waals surface area contributed by atoms with Gasteiger partial charge in [0.1, 0.15) is 5.01 Å². The van der Waals surface area contributed by atoms with Gasteiger partial charge < -0.3 is 15.0 Å². The van der Waals surface area contributed by atoms with Gasteiger partial charge in [-0.05, 0) is 24.8 Å². The number of methoxy groups -OCH3 is 1. The molecule has 0 bridgehead atoms. The van der Waals surface area contributed by atoms with E-state index in [1.165, 1.54) is 11.3 Å². The van der Waals surface area contributed by atoms with E-state index in [0.29, 0.717) is 6.42 Å². The van der Waals surface area contributed by atoms with Crippen LogP contribution >= 0.6 is 11.3 Å². The van der Waals surface area contributed by atoms with E-state index in [-0.39, 0.29) is 30.0 Å². The fourth-order valence-electron chi connectivity index (χ4n) is 3.90. The largest absolute Gasteiger partial charge is 0.378 e. The van der Waals surface area contributed by atoms with Crippen molar-refractivity contribution >= 4 is 23.7 Å². The number of rotatable bonds is 9. The lowest BCUT2D eigenvalue weighted by molar-refractivity contribution is -0.134. The van der Waals surface area contributed by atoms with Crippen molar-refractivity contribution in [3.05, 3.63) is 52.5 Å². The average Bonchev–Trinajstić information content (AvgIpc) is 3.41. The Morgan fingerprint density at radius 3 is 2.86 bits per heavy atom. The number of carbonyl (C=O) groups excluding carboxylic acids is 2. The molecule has 1 unspecified atom stereocenters. The lowest BCUT2D eigenvalue weighted by atomic mass is 9.94. The van der Waals surface area contributed by atoms with E-state index in [1.54, 1.807) is 18.2 Å². The maximum Gasteiger partial charge on any atom is 0.226 e. The van der Waals surface area contributed by atoms with Crippen molar-refractivity contribution in [2.45, 2.75) is 44.4 Å². The number of aromatic nitrogens is 1. The summed E-state index contributed by atoms with van der Waals surface area (Å²) >= 11 is 1.54. The molecule has 1 saturated heterocycles. The summed E-state index contributed by atoms with van der Waals surface area (Å²) in [6.07, 6.45) is 4.76. The zero-order valence-electron chi connectivity index (χ0n) is 16.3. The van der Waals surface area contributed by atoms with Crippen molar-refractivity contribution in [2.24, 2.45) is 5.92 Å². The maximum atomic E-state index is 13.1. The number of nitrogens with zero attached hydrogens (tertiary/aromatic N) is 2. The molecule has 2 aromatic rings. The third-order valence-electron chi connectivity index (χ3n) is 5.38. The molecule has 6 nitrogen and oxygen atoms in total. The Morgan fingerprint density at radius 1 is 1.43 bits per heavy atom. The number of amides is 2. The number of hydrogen-bond acceptors (Lipinski definition) is 5. The first kappa shape index (κ1) is 20.5. The van der Waals surface area contributed by atoms with Crippen molar-refractivity contribution in [1.29, 1.82) is 0 Å². The minimum atomic E-state index is -0.381. The van der Waals surface area contributed by atoms with Gasteiger partial charge in [0.15, 0.2) is 0 Å². The van der Waals surface area contributed by atoms with Crippen molar-refractivity contribution in [2.75, 3.05) is 13.7 Å². The SMILES string of the molecule is CO[C@H](C(C)C(=O)N[C@@H](Cc1ccccc1)c1nccs1)[C@@H]1CCCN1C=O. The summed E-state index contributed by atoms with van der Waals surface area (Å²) in [7, 11) is 1.61. The highest BCUT2D eigenvalue weighted by Crippen LogP contribution is 2.26. The first-order valence-electron chi connectivity index (χ1n) is 9.61. The fourth-order valence-corrected chi connectivity index (χ4v) is 4.59. The Bertz CT molecular complexity index is 754. The first-order valence-corrected chi connectivity index (χ1v) is 10.5. The molecule has 2 heterocycles. The molecular weight excluding hydrogens is 374 g/mol. The summed E-state index contributed by atoms with van der Waals surface area (Å²) < 4.78 is 5.67. The van der Waals surface area contributed by atoms with Gasteiger partial charge in [-0.2, -0.15) is 0 Å².